The SMILES string of the molecule is CC=CCC=CCC=CCC=CCC=CCCCC(C)C1CC1. The highest BCUT2D eigenvalue weighted by molar-refractivity contribution is 5.00. The van der Waals surface area contributed by atoms with Crippen LogP contribution in [-0.4, -0.2) is 0 Å². The molecule has 0 radical (unpaired) electrons. The van der Waals surface area contributed by atoms with Crippen molar-refractivity contribution in [3.05, 3.63) is 60.8 Å². The van der Waals surface area contributed by atoms with E-state index in [1.807, 2.05) is 0 Å². The largest absolute Gasteiger partial charge is 0.0914 e. The van der Waals surface area contributed by atoms with Crippen LogP contribution in [0.5, 0.6) is 0 Å². The van der Waals surface area contributed by atoms with E-state index in [0.717, 1.165) is 37.5 Å². The molecule has 0 N–H and O–H groups in total. The molecule has 0 spiro atoms. The highest BCUT2D eigenvalue weighted by Crippen LogP contribution is 2.38. The monoisotopic (exact) mass is 312 g/mol. The van der Waals surface area contributed by atoms with Crippen molar-refractivity contribution < 1.29 is 0 Å². The Labute approximate surface area is 144 Å². The smallest absolute Gasteiger partial charge is 0.0169 e. The fourth-order valence-corrected chi connectivity index (χ4v) is 2.70. The minimum Gasteiger partial charge on any atom is -0.0914 e. The Morgan fingerprint density at radius 2 is 1.22 bits per heavy atom. The molecule has 128 valence electrons. The number of hydrogen-bond acceptors (Lipinski definition) is 0. The second-order valence-electron chi connectivity index (χ2n) is 6.64. The van der Waals surface area contributed by atoms with Gasteiger partial charge >= 0.3 is 0 Å². The molecule has 0 aromatic heterocycles. The van der Waals surface area contributed by atoms with Gasteiger partial charge in [-0.25, -0.2) is 0 Å². The summed E-state index contributed by atoms with van der Waals surface area (Å²) >= 11 is 0. The molecule has 1 aliphatic carbocycles. The molecule has 0 amide bonds. The first-order valence-electron chi connectivity index (χ1n) is 9.55. The van der Waals surface area contributed by atoms with E-state index >= 15 is 0 Å². The Balaban J connectivity index is 1.89. The van der Waals surface area contributed by atoms with Crippen molar-refractivity contribution in [2.45, 2.75) is 71.6 Å². The average Bonchev–Trinajstić information content (AvgIpc) is 3.39. The van der Waals surface area contributed by atoms with Gasteiger partial charge in [-0.2, -0.15) is 0 Å². The van der Waals surface area contributed by atoms with Gasteiger partial charge in [0.15, 0.2) is 0 Å². The van der Waals surface area contributed by atoms with Gasteiger partial charge in [0.05, 0.1) is 0 Å². The molecular formula is C23H36. The molecule has 0 aromatic rings. The van der Waals surface area contributed by atoms with Gasteiger partial charge in [0, 0.05) is 0 Å². The van der Waals surface area contributed by atoms with Crippen LogP contribution in [0.25, 0.3) is 0 Å². The molecule has 23 heavy (non-hydrogen) atoms. The fourth-order valence-electron chi connectivity index (χ4n) is 2.70. The molecular weight excluding hydrogens is 276 g/mol. The van der Waals surface area contributed by atoms with Gasteiger partial charge in [0.25, 0.3) is 0 Å². The van der Waals surface area contributed by atoms with E-state index < -0.39 is 0 Å². The molecule has 0 heterocycles. The summed E-state index contributed by atoms with van der Waals surface area (Å²) in [6.45, 7) is 4.49. The minimum atomic E-state index is 0.966. The van der Waals surface area contributed by atoms with E-state index in [1.165, 1.54) is 32.1 Å². The van der Waals surface area contributed by atoms with Crippen molar-refractivity contribution in [2.24, 2.45) is 11.8 Å². The maximum absolute atomic E-state index is 2.43. The van der Waals surface area contributed by atoms with Crippen molar-refractivity contribution >= 4 is 0 Å². The first-order chi connectivity index (χ1) is 11.3. The van der Waals surface area contributed by atoms with E-state index in [2.05, 4.69) is 74.6 Å². The number of hydrogen-bond donors (Lipinski definition) is 0. The Kier molecular flexibility index (Phi) is 12.3. The van der Waals surface area contributed by atoms with E-state index in [-0.39, 0.29) is 0 Å². The Hall–Kier alpha value is -1.30. The maximum atomic E-state index is 2.43. The lowest BCUT2D eigenvalue weighted by molar-refractivity contribution is 0.456. The van der Waals surface area contributed by atoms with Gasteiger partial charge in [0.2, 0.25) is 0 Å². The molecule has 1 aliphatic rings. The van der Waals surface area contributed by atoms with Gasteiger partial charge in [-0.15, -0.1) is 0 Å². The zero-order valence-corrected chi connectivity index (χ0v) is 15.3. The summed E-state index contributed by atoms with van der Waals surface area (Å²) < 4.78 is 0. The van der Waals surface area contributed by atoms with Crippen LogP contribution in [0.15, 0.2) is 60.8 Å². The van der Waals surface area contributed by atoms with Crippen LogP contribution in [0, 0.1) is 11.8 Å². The zero-order valence-electron chi connectivity index (χ0n) is 15.3. The lowest BCUT2D eigenvalue weighted by Gasteiger charge is -2.07. The van der Waals surface area contributed by atoms with Crippen molar-refractivity contribution in [2.75, 3.05) is 0 Å². The second kappa shape index (κ2) is 14.3. The Morgan fingerprint density at radius 3 is 1.70 bits per heavy atom. The van der Waals surface area contributed by atoms with E-state index in [0.29, 0.717) is 0 Å². The Bertz CT molecular complexity index is 402. The molecule has 0 heteroatoms. The van der Waals surface area contributed by atoms with Crippen LogP contribution in [0.3, 0.4) is 0 Å². The fraction of sp³-hybridized carbons (Fsp3) is 0.565. The summed E-state index contributed by atoms with van der Waals surface area (Å²) in [6, 6.07) is 0. The topological polar surface area (TPSA) is 0 Å². The first-order valence-corrected chi connectivity index (χ1v) is 9.55. The summed E-state index contributed by atoms with van der Waals surface area (Å²) in [5.41, 5.74) is 0. The first kappa shape index (κ1) is 19.7. The van der Waals surface area contributed by atoms with Crippen molar-refractivity contribution in [1.82, 2.24) is 0 Å². The molecule has 0 aromatic carbocycles. The van der Waals surface area contributed by atoms with Crippen LogP contribution in [0.2, 0.25) is 0 Å². The molecule has 1 fully saturated rings. The second-order valence-corrected chi connectivity index (χ2v) is 6.64. The Morgan fingerprint density at radius 1 is 0.739 bits per heavy atom. The summed E-state index contributed by atoms with van der Waals surface area (Å²) in [4.78, 5) is 0. The third kappa shape index (κ3) is 12.9. The molecule has 1 rings (SSSR count). The predicted molar refractivity (Wildman–Crippen MR) is 106 cm³/mol. The van der Waals surface area contributed by atoms with E-state index in [9.17, 15) is 0 Å². The molecule has 1 unspecified atom stereocenters. The van der Waals surface area contributed by atoms with Crippen LogP contribution in [0.4, 0.5) is 0 Å². The van der Waals surface area contributed by atoms with Crippen LogP contribution >= 0.6 is 0 Å². The highest BCUT2D eigenvalue weighted by atomic mass is 14.3. The van der Waals surface area contributed by atoms with Crippen molar-refractivity contribution in [3.8, 4) is 0 Å². The summed E-state index contributed by atoms with van der Waals surface area (Å²) in [6.07, 6.45) is 33.6. The standard InChI is InChI=1S/C23H36/c1-3-4-5-6-7-8-9-10-11-12-13-14-15-16-17-18-19-22(2)23-20-21-23/h3-4,6-7,9-10,12-13,15-16,22-23H,5,8,11,14,17-21H2,1-2H3. The van der Waals surface area contributed by atoms with E-state index in [1.54, 1.807) is 0 Å². The van der Waals surface area contributed by atoms with Gasteiger partial charge in [-0.3, -0.25) is 0 Å². The number of allylic oxidation sites excluding steroid dienone is 10. The van der Waals surface area contributed by atoms with Gasteiger partial charge in [-0.05, 0) is 70.1 Å². The molecule has 0 aliphatic heterocycles. The minimum absolute atomic E-state index is 0.966. The molecule has 0 saturated heterocycles. The lowest BCUT2D eigenvalue weighted by atomic mass is 9.99. The van der Waals surface area contributed by atoms with Crippen LogP contribution < -0.4 is 0 Å². The maximum Gasteiger partial charge on any atom is -0.0169 e. The highest BCUT2D eigenvalue weighted by Gasteiger charge is 2.26. The van der Waals surface area contributed by atoms with E-state index in [4.69, 9.17) is 0 Å². The third-order valence-electron chi connectivity index (χ3n) is 4.45. The van der Waals surface area contributed by atoms with Gasteiger partial charge < -0.3 is 0 Å². The number of rotatable bonds is 13. The quantitative estimate of drug-likeness (QED) is 0.243. The number of unbranched alkanes of at least 4 members (excludes halogenated alkanes) is 1. The average molecular weight is 313 g/mol. The van der Waals surface area contributed by atoms with Gasteiger partial charge in [-0.1, -0.05) is 74.1 Å². The van der Waals surface area contributed by atoms with Gasteiger partial charge in [0.1, 0.15) is 0 Å². The molecule has 0 bridgehead atoms. The molecule has 0 nitrogen and oxygen atoms in total. The summed E-state index contributed by atoms with van der Waals surface area (Å²) in [5.74, 6) is 2.03. The van der Waals surface area contributed by atoms with Crippen LogP contribution in [0.1, 0.15) is 71.6 Å². The summed E-state index contributed by atoms with van der Waals surface area (Å²) in [5, 5.41) is 0. The van der Waals surface area contributed by atoms with Crippen molar-refractivity contribution in [1.29, 1.82) is 0 Å². The molecule has 1 saturated carbocycles. The zero-order chi connectivity index (χ0) is 16.6. The van der Waals surface area contributed by atoms with Crippen LogP contribution in [-0.2, 0) is 0 Å². The third-order valence-corrected chi connectivity index (χ3v) is 4.45. The predicted octanol–water partition coefficient (Wildman–Crippen LogP) is 7.56. The summed E-state index contributed by atoms with van der Waals surface area (Å²) in [7, 11) is 0. The normalized spacial score (nSPS) is 17.7. The lowest BCUT2D eigenvalue weighted by Crippen LogP contribution is -1.95. The molecule has 1 atom stereocenters. The van der Waals surface area contributed by atoms with Crippen molar-refractivity contribution in [3.63, 3.8) is 0 Å².